The number of nitrogens with one attached hydrogen (secondary N) is 1. The molecule has 0 aliphatic heterocycles. The lowest BCUT2D eigenvalue weighted by Crippen LogP contribution is -2.14. The third-order valence-electron chi connectivity index (χ3n) is 1.74. The number of carbonyl (C=O) groups is 2. The van der Waals surface area contributed by atoms with Gasteiger partial charge in [-0.15, -0.1) is 0 Å². The van der Waals surface area contributed by atoms with Gasteiger partial charge in [-0.2, -0.15) is 0 Å². The van der Waals surface area contributed by atoms with Crippen molar-refractivity contribution in [2.75, 3.05) is 7.11 Å². The van der Waals surface area contributed by atoms with Crippen LogP contribution in [0.3, 0.4) is 0 Å². The molecule has 0 saturated carbocycles. The normalized spacial score (nSPS) is 9.53. The Hall–Kier alpha value is -1.01. The van der Waals surface area contributed by atoms with Crippen LogP contribution in [0.4, 0.5) is 0 Å². The summed E-state index contributed by atoms with van der Waals surface area (Å²) in [6.07, 6.45) is 0. The highest BCUT2D eigenvalue weighted by atomic mass is 79.9. The van der Waals surface area contributed by atoms with E-state index in [4.69, 9.17) is 0 Å². The molecule has 0 radical (unpaired) electrons. The third-order valence-corrected chi connectivity index (χ3v) is 2.63. The van der Waals surface area contributed by atoms with Crippen LogP contribution < -0.4 is 4.72 Å². The Balaban J connectivity index is 3.16. The van der Waals surface area contributed by atoms with Gasteiger partial charge in [-0.05, 0) is 34.1 Å². The zero-order valence-electron chi connectivity index (χ0n) is 7.78. The van der Waals surface area contributed by atoms with Crippen LogP contribution in [0.15, 0.2) is 22.7 Å². The van der Waals surface area contributed by atoms with Crippen LogP contribution in [0.25, 0.3) is 0 Å². The van der Waals surface area contributed by atoms with Gasteiger partial charge in [0.2, 0.25) is 0 Å². The molecule has 0 aromatic heterocycles. The maximum Gasteiger partial charge on any atom is 0.339 e. The molecule has 0 aliphatic carbocycles. The number of hydrogen-bond donors (Lipinski definition) is 2. The van der Waals surface area contributed by atoms with Crippen molar-refractivity contribution in [2.45, 2.75) is 0 Å². The standard InChI is InChI=1S/C9H8BrNO3S/c1-14-9(13)6-4-5(8(12)11-15)2-3-7(6)10/h2-4,15H,1H3,(H,11,12). The van der Waals surface area contributed by atoms with Gasteiger partial charge in [0, 0.05) is 10.0 Å². The Kier molecular flexibility index (Phi) is 4.16. The fourth-order valence-corrected chi connectivity index (χ4v) is 1.54. The summed E-state index contributed by atoms with van der Waals surface area (Å²) in [5.74, 6) is -0.883. The third kappa shape index (κ3) is 2.73. The lowest BCUT2D eigenvalue weighted by Gasteiger charge is -2.04. The van der Waals surface area contributed by atoms with Gasteiger partial charge < -0.3 is 4.74 Å². The largest absolute Gasteiger partial charge is 0.465 e. The first kappa shape index (κ1) is 12.1. The smallest absolute Gasteiger partial charge is 0.339 e. The summed E-state index contributed by atoms with van der Waals surface area (Å²) in [5.41, 5.74) is 0.639. The summed E-state index contributed by atoms with van der Waals surface area (Å²) in [6, 6.07) is 4.61. The molecule has 15 heavy (non-hydrogen) atoms. The van der Waals surface area contributed by atoms with Gasteiger partial charge in [0.1, 0.15) is 0 Å². The van der Waals surface area contributed by atoms with E-state index in [1.54, 1.807) is 12.1 Å². The van der Waals surface area contributed by atoms with Crippen LogP contribution in [-0.2, 0) is 4.74 Å². The SMILES string of the molecule is COC(=O)c1cc(C(=O)NS)ccc1Br. The molecule has 0 fully saturated rings. The molecule has 0 aliphatic rings. The first-order valence-electron chi connectivity index (χ1n) is 3.92. The number of amides is 1. The zero-order chi connectivity index (χ0) is 11.4. The van der Waals surface area contributed by atoms with Crippen LogP contribution in [0.1, 0.15) is 20.7 Å². The van der Waals surface area contributed by atoms with E-state index in [1.165, 1.54) is 13.2 Å². The highest BCUT2D eigenvalue weighted by Gasteiger charge is 2.13. The highest BCUT2D eigenvalue weighted by Crippen LogP contribution is 2.19. The molecule has 1 amide bonds. The van der Waals surface area contributed by atoms with Crippen molar-refractivity contribution in [3.8, 4) is 0 Å². The predicted molar refractivity (Wildman–Crippen MR) is 61.9 cm³/mol. The Labute approximate surface area is 101 Å². The maximum atomic E-state index is 11.3. The fourth-order valence-electron chi connectivity index (χ4n) is 0.997. The van der Waals surface area contributed by atoms with Gasteiger partial charge in [-0.1, -0.05) is 12.8 Å². The number of ether oxygens (including phenoxy) is 1. The van der Waals surface area contributed by atoms with E-state index in [0.717, 1.165) is 0 Å². The van der Waals surface area contributed by atoms with E-state index in [1.807, 2.05) is 0 Å². The summed E-state index contributed by atoms with van der Waals surface area (Å²) in [6.45, 7) is 0. The number of carbonyl (C=O) groups excluding carboxylic acids is 2. The molecule has 0 bridgehead atoms. The van der Waals surface area contributed by atoms with Crippen LogP contribution in [0.5, 0.6) is 0 Å². The predicted octanol–water partition coefficient (Wildman–Crippen LogP) is 1.81. The number of esters is 1. The second-order valence-corrected chi connectivity index (χ2v) is 3.71. The molecule has 1 rings (SSSR count). The van der Waals surface area contributed by atoms with E-state index < -0.39 is 5.97 Å². The molecule has 0 heterocycles. The minimum absolute atomic E-state index is 0.298. The Bertz CT molecular complexity index is 408. The van der Waals surface area contributed by atoms with Gasteiger partial charge in [-0.25, -0.2) is 4.79 Å². The van der Waals surface area contributed by atoms with Crippen molar-refractivity contribution in [1.29, 1.82) is 0 Å². The molecule has 4 nitrogen and oxygen atoms in total. The van der Waals surface area contributed by atoms with E-state index in [2.05, 4.69) is 38.2 Å². The average Bonchev–Trinajstić information content (AvgIpc) is 2.27. The minimum atomic E-state index is -0.504. The summed E-state index contributed by atoms with van der Waals surface area (Å²) in [7, 11) is 1.28. The number of benzene rings is 1. The monoisotopic (exact) mass is 289 g/mol. The number of halogens is 1. The number of hydrogen-bond acceptors (Lipinski definition) is 4. The Morgan fingerprint density at radius 2 is 2.13 bits per heavy atom. The van der Waals surface area contributed by atoms with Crippen LogP contribution in [0, 0.1) is 0 Å². The maximum absolute atomic E-state index is 11.3. The Morgan fingerprint density at radius 1 is 1.47 bits per heavy atom. The van der Waals surface area contributed by atoms with Crippen LogP contribution in [-0.4, -0.2) is 19.0 Å². The van der Waals surface area contributed by atoms with E-state index in [9.17, 15) is 9.59 Å². The van der Waals surface area contributed by atoms with Crippen molar-refractivity contribution in [2.24, 2.45) is 0 Å². The quantitative estimate of drug-likeness (QED) is 0.645. The highest BCUT2D eigenvalue weighted by molar-refractivity contribution is 9.10. The number of rotatable bonds is 2. The van der Waals surface area contributed by atoms with Crippen molar-refractivity contribution in [1.82, 2.24) is 4.72 Å². The van der Waals surface area contributed by atoms with Gasteiger partial charge in [-0.3, -0.25) is 9.52 Å². The summed E-state index contributed by atoms with van der Waals surface area (Å²) < 4.78 is 7.31. The van der Waals surface area contributed by atoms with Gasteiger partial charge >= 0.3 is 5.97 Å². The summed E-state index contributed by atoms with van der Waals surface area (Å²) in [5, 5.41) is 0. The lowest BCUT2D eigenvalue weighted by atomic mass is 10.1. The number of thiol groups is 1. The van der Waals surface area contributed by atoms with Crippen molar-refractivity contribution in [3.63, 3.8) is 0 Å². The zero-order valence-corrected chi connectivity index (χ0v) is 10.3. The molecule has 0 unspecified atom stereocenters. The topological polar surface area (TPSA) is 55.4 Å². The van der Waals surface area contributed by atoms with Gasteiger partial charge in [0.05, 0.1) is 12.7 Å². The first-order chi connectivity index (χ1) is 7.10. The van der Waals surface area contributed by atoms with Gasteiger partial charge in [0.15, 0.2) is 0 Å². The van der Waals surface area contributed by atoms with Crippen LogP contribution in [0.2, 0.25) is 0 Å². The molecule has 6 heteroatoms. The van der Waals surface area contributed by atoms with Gasteiger partial charge in [0.25, 0.3) is 5.91 Å². The molecule has 1 aromatic carbocycles. The molecule has 0 atom stereocenters. The van der Waals surface area contributed by atoms with Crippen molar-refractivity contribution < 1.29 is 14.3 Å². The number of methoxy groups -OCH3 is 1. The molecular formula is C9H8BrNO3S. The van der Waals surface area contributed by atoms with Crippen molar-refractivity contribution in [3.05, 3.63) is 33.8 Å². The summed E-state index contributed by atoms with van der Waals surface area (Å²) >= 11 is 6.83. The average molecular weight is 290 g/mol. The van der Waals surface area contributed by atoms with E-state index >= 15 is 0 Å². The second kappa shape index (κ2) is 5.18. The first-order valence-corrected chi connectivity index (χ1v) is 5.16. The summed E-state index contributed by atoms with van der Waals surface area (Å²) in [4.78, 5) is 22.5. The lowest BCUT2D eigenvalue weighted by molar-refractivity contribution is 0.0599. The molecule has 1 aromatic rings. The van der Waals surface area contributed by atoms with E-state index in [-0.39, 0.29) is 5.91 Å². The van der Waals surface area contributed by atoms with Crippen LogP contribution >= 0.6 is 28.7 Å². The fraction of sp³-hybridized carbons (Fsp3) is 0.111. The molecule has 80 valence electrons. The molecule has 0 saturated heterocycles. The van der Waals surface area contributed by atoms with Crippen molar-refractivity contribution >= 4 is 40.6 Å². The minimum Gasteiger partial charge on any atom is -0.465 e. The second-order valence-electron chi connectivity index (χ2n) is 2.63. The Morgan fingerprint density at radius 3 is 2.67 bits per heavy atom. The molecule has 0 spiro atoms. The molecular weight excluding hydrogens is 282 g/mol. The molecule has 1 N–H and O–H groups in total. The van der Waals surface area contributed by atoms with E-state index in [0.29, 0.717) is 15.6 Å².